The van der Waals surface area contributed by atoms with Crippen molar-refractivity contribution < 1.29 is 9.53 Å². The zero-order chi connectivity index (χ0) is 14.8. The highest BCUT2D eigenvalue weighted by atomic mass is 16.5. The number of esters is 1. The van der Waals surface area contributed by atoms with Crippen LogP contribution in [0.4, 0.5) is 5.95 Å². The van der Waals surface area contributed by atoms with Crippen LogP contribution >= 0.6 is 0 Å². The van der Waals surface area contributed by atoms with Crippen LogP contribution in [0.5, 0.6) is 0 Å². The summed E-state index contributed by atoms with van der Waals surface area (Å²) < 4.78 is 8.38. The third-order valence-electron chi connectivity index (χ3n) is 3.56. The number of aromatic nitrogens is 5. The van der Waals surface area contributed by atoms with Gasteiger partial charge in [-0.15, -0.1) is 0 Å². The van der Waals surface area contributed by atoms with Crippen molar-refractivity contribution in [1.29, 1.82) is 0 Å². The number of hydrogen-bond acceptors (Lipinski definition) is 6. The van der Waals surface area contributed by atoms with Crippen molar-refractivity contribution in [2.75, 3.05) is 19.0 Å². The first kappa shape index (κ1) is 13.6. The van der Waals surface area contributed by atoms with E-state index in [9.17, 15) is 4.79 Å². The molecule has 0 bridgehead atoms. The second-order valence-corrected chi connectivity index (χ2v) is 4.91. The Balaban J connectivity index is 1.88. The second kappa shape index (κ2) is 5.55. The number of rotatable bonds is 4. The van der Waals surface area contributed by atoms with Crippen LogP contribution in [0.1, 0.15) is 30.8 Å². The Labute approximate surface area is 122 Å². The molecule has 0 spiro atoms. The molecule has 8 heteroatoms. The molecule has 0 aromatic carbocycles. The van der Waals surface area contributed by atoms with Crippen LogP contribution in [0.15, 0.2) is 12.4 Å². The van der Waals surface area contributed by atoms with E-state index in [1.807, 2.05) is 21.8 Å². The summed E-state index contributed by atoms with van der Waals surface area (Å²) in [5.74, 6) is 0.821. The first-order valence-corrected chi connectivity index (χ1v) is 6.99. The molecule has 1 aliphatic rings. The molecule has 0 aliphatic carbocycles. The standard InChI is InChI=1S/C13H18N6O2/c1-3-18-8-9(7-15-18)10-4-5-14-13-16-11(17-19(10)13)6-12(20)21-2/h7-8,10H,3-6H2,1-2H3,(H,14,16,17). The Morgan fingerprint density at radius 2 is 2.43 bits per heavy atom. The molecule has 3 rings (SSSR count). The highest BCUT2D eigenvalue weighted by molar-refractivity contribution is 5.71. The molecule has 2 aromatic heterocycles. The molecule has 8 nitrogen and oxygen atoms in total. The van der Waals surface area contributed by atoms with Gasteiger partial charge in [0.1, 0.15) is 6.42 Å². The summed E-state index contributed by atoms with van der Waals surface area (Å²) in [6.07, 6.45) is 4.88. The third kappa shape index (κ3) is 2.61. The molecule has 1 N–H and O–H groups in total. The lowest BCUT2D eigenvalue weighted by atomic mass is 10.1. The van der Waals surface area contributed by atoms with Crippen LogP contribution in [0.3, 0.4) is 0 Å². The Morgan fingerprint density at radius 3 is 3.14 bits per heavy atom. The van der Waals surface area contributed by atoms with Crippen molar-refractivity contribution in [2.24, 2.45) is 0 Å². The summed E-state index contributed by atoms with van der Waals surface area (Å²) in [4.78, 5) is 15.7. The molecule has 21 heavy (non-hydrogen) atoms. The van der Waals surface area contributed by atoms with Gasteiger partial charge >= 0.3 is 5.97 Å². The van der Waals surface area contributed by atoms with Crippen molar-refractivity contribution >= 4 is 11.9 Å². The number of anilines is 1. The van der Waals surface area contributed by atoms with Gasteiger partial charge in [-0.2, -0.15) is 15.2 Å². The number of fused-ring (bicyclic) bond motifs is 1. The van der Waals surface area contributed by atoms with Gasteiger partial charge in [-0.1, -0.05) is 0 Å². The smallest absolute Gasteiger partial charge is 0.313 e. The summed E-state index contributed by atoms with van der Waals surface area (Å²) in [6.45, 7) is 3.70. The topological polar surface area (TPSA) is 86.9 Å². The van der Waals surface area contributed by atoms with Gasteiger partial charge in [0.25, 0.3) is 0 Å². The fraction of sp³-hybridized carbons (Fsp3) is 0.538. The lowest BCUT2D eigenvalue weighted by molar-refractivity contribution is -0.139. The van der Waals surface area contributed by atoms with E-state index in [0.717, 1.165) is 25.1 Å². The summed E-state index contributed by atoms with van der Waals surface area (Å²) in [5, 5.41) is 12.0. The maximum atomic E-state index is 11.3. The van der Waals surface area contributed by atoms with Gasteiger partial charge in [-0.05, 0) is 13.3 Å². The predicted molar refractivity (Wildman–Crippen MR) is 74.9 cm³/mol. The molecule has 3 heterocycles. The minimum Gasteiger partial charge on any atom is -0.469 e. The minimum absolute atomic E-state index is 0.0825. The van der Waals surface area contributed by atoms with Crippen LogP contribution < -0.4 is 5.32 Å². The fourth-order valence-electron chi connectivity index (χ4n) is 2.46. The largest absolute Gasteiger partial charge is 0.469 e. The molecule has 0 amide bonds. The van der Waals surface area contributed by atoms with E-state index in [0.29, 0.717) is 11.8 Å². The first-order valence-electron chi connectivity index (χ1n) is 6.99. The number of carbonyl (C=O) groups excluding carboxylic acids is 1. The zero-order valence-electron chi connectivity index (χ0n) is 12.1. The number of nitrogens with one attached hydrogen (secondary N) is 1. The van der Waals surface area contributed by atoms with Gasteiger partial charge < -0.3 is 10.1 Å². The van der Waals surface area contributed by atoms with E-state index in [-0.39, 0.29) is 18.4 Å². The van der Waals surface area contributed by atoms with Gasteiger partial charge in [-0.3, -0.25) is 9.48 Å². The molecule has 0 saturated heterocycles. The SMILES string of the molecule is CCn1cc(C2CCNc3nc(CC(=O)OC)nn32)cn1. The normalized spacial score (nSPS) is 17.1. The quantitative estimate of drug-likeness (QED) is 0.830. The maximum absolute atomic E-state index is 11.3. The molecule has 1 atom stereocenters. The number of hydrogen-bond donors (Lipinski definition) is 1. The van der Waals surface area contributed by atoms with Crippen LogP contribution in [0.2, 0.25) is 0 Å². The van der Waals surface area contributed by atoms with Crippen molar-refractivity contribution in [3.63, 3.8) is 0 Å². The van der Waals surface area contributed by atoms with Crippen LogP contribution in [0.25, 0.3) is 0 Å². The number of nitrogens with zero attached hydrogens (tertiary/aromatic N) is 5. The summed E-state index contributed by atoms with van der Waals surface area (Å²) in [6, 6.07) is 0.0976. The molecular formula is C13H18N6O2. The van der Waals surface area contributed by atoms with Gasteiger partial charge in [-0.25, -0.2) is 4.68 Å². The molecule has 1 aliphatic heterocycles. The Morgan fingerprint density at radius 1 is 1.57 bits per heavy atom. The Kier molecular flexibility index (Phi) is 3.59. The molecule has 0 saturated carbocycles. The summed E-state index contributed by atoms with van der Waals surface area (Å²) in [5.41, 5.74) is 1.11. The maximum Gasteiger partial charge on any atom is 0.313 e. The predicted octanol–water partition coefficient (Wildman–Crippen LogP) is 0.615. The molecular weight excluding hydrogens is 272 g/mol. The third-order valence-corrected chi connectivity index (χ3v) is 3.56. The van der Waals surface area contributed by atoms with Crippen LogP contribution in [-0.4, -0.2) is 44.2 Å². The molecule has 2 aromatic rings. The molecule has 112 valence electrons. The van der Waals surface area contributed by atoms with Gasteiger partial charge in [0.15, 0.2) is 5.82 Å². The first-order chi connectivity index (χ1) is 10.2. The Hall–Kier alpha value is -2.38. The molecule has 1 unspecified atom stereocenters. The van der Waals surface area contributed by atoms with Crippen molar-refractivity contribution in [3.05, 3.63) is 23.8 Å². The molecule has 0 fully saturated rings. The number of ether oxygens (including phenoxy) is 1. The van der Waals surface area contributed by atoms with Crippen molar-refractivity contribution in [2.45, 2.75) is 32.4 Å². The summed E-state index contributed by atoms with van der Waals surface area (Å²) in [7, 11) is 1.36. The molecule has 0 radical (unpaired) electrons. The monoisotopic (exact) mass is 290 g/mol. The lowest BCUT2D eigenvalue weighted by Gasteiger charge is -2.23. The van der Waals surface area contributed by atoms with E-state index < -0.39 is 0 Å². The van der Waals surface area contributed by atoms with Crippen LogP contribution in [-0.2, 0) is 22.5 Å². The average molecular weight is 290 g/mol. The van der Waals surface area contributed by atoms with E-state index in [2.05, 4.69) is 32.2 Å². The number of carbonyl (C=O) groups is 1. The Bertz CT molecular complexity index is 647. The average Bonchev–Trinajstić information content (AvgIpc) is 3.12. The fourth-order valence-corrected chi connectivity index (χ4v) is 2.46. The lowest BCUT2D eigenvalue weighted by Crippen LogP contribution is -2.24. The van der Waals surface area contributed by atoms with Gasteiger partial charge in [0.05, 0.1) is 19.3 Å². The van der Waals surface area contributed by atoms with Crippen molar-refractivity contribution in [3.8, 4) is 0 Å². The minimum atomic E-state index is -0.340. The second-order valence-electron chi connectivity index (χ2n) is 4.91. The highest BCUT2D eigenvalue weighted by Gasteiger charge is 2.26. The van der Waals surface area contributed by atoms with E-state index >= 15 is 0 Å². The van der Waals surface area contributed by atoms with E-state index in [1.165, 1.54) is 7.11 Å². The zero-order valence-corrected chi connectivity index (χ0v) is 12.1. The highest BCUT2D eigenvalue weighted by Crippen LogP contribution is 2.28. The summed E-state index contributed by atoms with van der Waals surface area (Å²) >= 11 is 0. The van der Waals surface area contributed by atoms with Crippen LogP contribution in [0, 0.1) is 0 Å². The van der Waals surface area contributed by atoms with Gasteiger partial charge in [0.2, 0.25) is 5.95 Å². The number of aryl methyl sites for hydroxylation is 1. The van der Waals surface area contributed by atoms with Gasteiger partial charge in [0, 0.05) is 24.8 Å². The van der Waals surface area contributed by atoms with E-state index in [4.69, 9.17) is 0 Å². The number of methoxy groups -OCH3 is 1. The van der Waals surface area contributed by atoms with E-state index in [1.54, 1.807) is 0 Å². The van der Waals surface area contributed by atoms with Crippen molar-refractivity contribution in [1.82, 2.24) is 24.5 Å².